The van der Waals surface area contributed by atoms with Crippen LogP contribution in [0, 0.1) is 12.3 Å². The van der Waals surface area contributed by atoms with E-state index in [9.17, 15) is 0 Å². The van der Waals surface area contributed by atoms with E-state index < -0.39 is 0 Å². The fourth-order valence-corrected chi connectivity index (χ4v) is 1.28. The normalized spacial score (nSPS) is 10.1. The lowest BCUT2D eigenvalue weighted by atomic mass is 10.1. The van der Waals surface area contributed by atoms with Crippen molar-refractivity contribution in [3.05, 3.63) is 23.4 Å². The second kappa shape index (κ2) is 5.49. The quantitative estimate of drug-likeness (QED) is 0.753. The van der Waals surface area contributed by atoms with Gasteiger partial charge >= 0.3 is 0 Å². The lowest BCUT2D eigenvalue weighted by molar-refractivity contribution is 0.303. The van der Waals surface area contributed by atoms with Gasteiger partial charge in [0.1, 0.15) is 0 Å². The third-order valence-electron chi connectivity index (χ3n) is 2.18. The highest BCUT2D eigenvalue weighted by Gasteiger charge is 2.05. The molecule has 1 N–H and O–H groups in total. The monoisotopic (exact) mass is 206 g/mol. The highest BCUT2D eigenvalue weighted by molar-refractivity contribution is 5.97. The number of ether oxygens (including phenoxy) is 1. The van der Waals surface area contributed by atoms with Crippen LogP contribution in [0.1, 0.15) is 37.8 Å². The van der Waals surface area contributed by atoms with Gasteiger partial charge in [0.2, 0.25) is 5.88 Å². The maximum absolute atomic E-state index is 7.70. The summed E-state index contributed by atoms with van der Waals surface area (Å²) in [6.07, 6.45) is 3.42. The molecule has 0 aliphatic rings. The Morgan fingerprint density at radius 2 is 2.20 bits per heavy atom. The zero-order chi connectivity index (χ0) is 11.3. The lowest BCUT2D eigenvalue weighted by Crippen LogP contribution is -2.03. The number of nitrogens with zero attached hydrogens (tertiary/aromatic N) is 1. The molecule has 3 heteroatoms. The Morgan fingerprint density at radius 3 is 2.73 bits per heavy atom. The summed E-state index contributed by atoms with van der Waals surface area (Å²) in [6, 6.07) is 1.96. The number of aromatic nitrogens is 1. The molecule has 1 rings (SSSR count). The minimum atomic E-state index is 0.618. The fourth-order valence-electron chi connectivity index (χ4n) is 1.28. The molecule has 82 valence electrons. The van der Waals surface area contributed by atoms with Crippen LogP contribution in [-0.4, -0.2) is 17.3 Å². The Labute approximate surface area is 91.0 Å². The van der Waals surface area contributed by atoms with E-state index >= 15 is 0 Å². The maximum atomic E-state index is 7.70. The second-order valence-electron chi connectivity index (χ2n) is 3.53. The van der Waals surface area contributed by atoms with Crippen molar-refractivity contribution < 1.29 is 4.74 Å². The van der Waals surface area contributed by atoms with Gasteiger partial charge < -0.3 is 10.1 Å². The third-order valence-corrected chi connectivity index (χ3v) is 2.18. The minimum Gasteiger partial charge on any atom is -0.477 e. The molecular weight excluding hydrogens is 188 g/mol. The summed E-state index contributed by atoms with van der Waals surface area (Å²) < 4.78 is 5.47. The fraction of sp³-hybridized carbons (Fsp3) is 0.500. The van der Waals surface area contributed by atoms with E-state index in [1.165, 1.54) is 0 Å². The molecule has 0 bridgehead atoms. The van der Waals surface area contributed by atoms with Crippen molar-refractivity contribution in [3.63, 3.8) is 0 Å². The molecule has 15 heavy (non-hydrogen) atoms. The molecule has 0 fully saturated rings. The van der Waals surface area contributed by atoms with E-state index in [0.717, 1.165) is 24.0 Å². The Kier molecular flexibility index (Phi) is 4.28. The van der Waals surface area contributed by atoms with Gasteiger partial charge in [-0.3, -0.25) is 0 Å². The van der Waals surface area contributed by atoms with E-state index in [1.807, 2.05) is 19.9 Å². The van der Waals surface area contributed by atoms with Crippen molar-refractivity contribution in [2.75, 3.05) is 6.61 Å². The van der Waals surface area contributed by atoms with Crippen molar-refractivity contribution in [2.45, 2.75) is 33.6 Å². The van der Waals surface area contributed by atoms with Crippen LogP contribution in [0.3, 0.4) is 0 Å². The molecule has 0 aliphatic carbocycles. The average molecular weight is 206 g/mol. The van der Waals surface area contributed by atoms with E-state index in [-0.39, 0.29) is 0 Å². The predicted molar refractivity (Wildman–Crippen MR) is 61.9 cm³/mol. The number of aryl methyl sites for hydroxylation is 1. The topological polar surface area (TPSA) is 46.0 Å². The molecule has 0 amide bonds. The van der Waals surface area contributed by atoms with Crippen LogP contribution in [0.4, 0.5) is 0 Å². The molecule has 0 unspecified atom stereocenters. The van der Waals surface area contributed by atoms with Gasteiger partial charge in [-0.2, -0.15) is 0 Å². The summed E-state index contributed by atoms with van der Waals surface area (Å²) in [4.78, 5) is 4.22. The first-order chi connectivity index (χ1) is 7.19. The minimum absolute atomic E-state index is 0.618. The Balaban J connectivity index is 2.83. The van der Waals surface area contributed by atoms with Gasteiger partial charge in [0.15, 0.2) is 0 Å². The van der Waals surface area contributed by atoms with Crippen molar-refractivity contribution >= 4 is 5.71 Å². The van der Waals surface area contributed by atoms with Gasteiger partial charge in [-0.15, -0.1) is 0 Å². The molecule has 0 saturated carbocycles. The summed E-state index contributed by atoms with van der Waals surface area (Å²) >= 11 is 0. The van der Waals surface area contributed by atoms with Gasteiger partial charge in [0, 0.05) is 23.0 Å². The van der Waals surface area contributed by atoms with E-state index in [1.54, 1.807) is 6.20 Å². The molecule has 3 nitrogen and oxygen atoms in total. The van der Waals surface area contributed by atoms with Gasteiger partial charge in [-0.1, -0.05) is 13.8 Å². The summed E-state index contributed by atoms with van der Waals surface area (Å²) in [5.74, 6) is 0.685. The largest absolute Gasteiger partial charge is 0.477 e. The summed E-state index contributed by atoms with van der Waals surface area (Å²) in [6.45, 7) is 6.69. The van der Waals surface area contributed by atoms with Crippen LogP contribution in [0.2, 0.25) is 0 Å². The summed E-state index contributed by atoms with van der Waals surface area (Å²) in [5, 5.41) is 7.70. The highest BCUT2D eigenvalue weighted by Crippen LogP contribution is 2.16. The summed E-state index contributed by atoms with van der Waals surface area (Å²) in [7, 11) is 0. The van der Waals surface area contributed by atoms with Crippen molar-refractivity contribution in [3.8, 4) is 5.88 Å². The van der Waals surface area contributed by atoms with Crippen LogP contribution in [-0.2, 0) is 0 Å². The number of nitrogens with one attached hydrogen (secondary N) is 1. The molecule has 0 atom stereocenters. The van der Waals surface area contributed by atoms with Crippen LogP contribution in [0.5, 0.6) is 5.88 Å². The van der Waals surface area contributed by atoms with Crippen molar-refractivity contribution in [1.29, 1.82) is 5.41 Å². The van der Waals surface area contributed by atoms with Gasteiger partial charge in [0.25, 0.3) is 0 Å². The molecule has 0 aromatic carbocycles. The van der Waals surface area contributed by atoms with Crippen LogP contribution >= 0.6 is 0 Å². The first-order valence-electron chi connectivity index (χ1n) is 5.36. The summed E-state index contributed by atoms with van der Waals surface area (Å²) in [5.41, 5.74) is 2.51. The number of pyridine rings is 1. The van der Waals surface area contributed by atoms with Gasteiger partial charge in [-0.05, 0) is 25.8 Å². The van der Waals surface area contributed by atoms with Crippen LogP contribution < -0.4 is 4.74 Å². The average Bonchev–Trinajstić information content (AvgIpc) is 2.26. The molecule has 0 aliphatic heterocycles. The lowest BCUT2D eigenvalue weighted by Gasteiger charge is -2.08. The molecular formula is C12H18N2O. The Bertz CT molecular complexity index is 347. The van der Waals surface area contributed by atoms with E-state index in [2.05, 4.69) is 11.9 Å². The molecule has 0 saturated heterocycles. The molecule has 1 aromatic heterocycles. The van der Waals surface area contributed by atoms with Crippen LogP contribution in [0.25, 0.3) is 0 Å². The van der Waals surface area contributed by atoms with E-state index in [4.69, 9.17) is 10.1 Å². The number of hydrogen-bond acceptors (Lipinski definition) is 3. The third kappa shape index (κ3) is 3.05. The number of hydrogen-bond donors (Lipinski definition) is 1. The molecule has 0 radical (unpaired) electrons. The standard InChI is InChI=1S/C12H18N2O/c1-4-6-15-12-9(3)7-10(8-14-12)11(13)5-2/h7-8,13H,4-6H2,1-3H3. The van der Waals surface area contributed by atoms with Crippen molar-refractivity contribution in [1.82, 2.24) is 4.98 Å². The SMILES string of the molecule is CCCOc1ncc(C(=N)CC)cc1C. The molecule has 1 heterocycles. The first kappa shape index (κ1) is 11.7. The molecule has 0 spiro atoms. The zero-order valence-corrected chi connectivity index (χ0v) is 9.63. The first-order valence-corrected chi connectivity index (χ1v) is 5.36. The smallest absolute Gasteiger partial charge is 0.216 e. The Morgan fingerprint density at radius 1 is 1.47 bits per heavy atom. The zero-order valence-electron chi connectivity index (χ0n) is 9.63. The number of rotatable bonds is 5. The van der Waals surface area contributed by atoms with Gasteiger partial charge in [-0.25, -0.2) is 4.98 Å². The Hall–Kier alpha value is -1.38. The predicted octanol–water partition coefficient (Wildman–Crippen LogP) is 2.96. The van der Waals surface area contributed by atoms with E-state index in [0.29, 0.717) is 18.2 Å². The highest BCUT2D eigenvalue weighted by atomic mass is 16.5. The second-order valence-corrected chi connectivity index (χ2v) is 3.53. The van der Waals surface area contributed by atoms with Gasteiger partial charge in [0.05, 0.1) is 6.61 Å². The maximum Gasteiger partial charge on any atom is 0.216 e. The van der Waals surface area contributed by atoms with Crippen LogP contribution in [0.15, 0.2) is 12.3 Å². The van der Waals surface area contributed by atoms with Crippen molar-refractivity contribution in [2.24, 2.45) is 0 Å². The molecule has 1 aromatic rings.